The third-order valence-corrected chi connectivity index (χ3v) is 2.48. The molecule has 0 amide bonds. The Morgan fingerprint density at radius 1 is 1.64 bits per heavy atom. The molecule has 2 heteroatoms. The van der Waals surface area contributed by atoms with Gasteiger partial charge < -0.3 is 4.74 Å². The smallest absolute Gasteiger partial charge is 0.164 e. The number of rotatable bonds is 4. The molecule has 0 aliphatic heterocycles. The molecular weight excluding hydrogens is 140 g/mol. The molecule has 1 aliphatic carbocycles. The zero-order chi connectivity index (χ0) is 8.27. The highest BCUT2D eigenvalue weighted by Gasteiger charge is 2.29. The molecule has 64 valence electrons. The predicted octanol–water partition coefficient (Wildman–Crippen LogP) is 1.78. The number of hydrogen-bond donors (Lipinski definition) is 0. The van der Waals surface area contributed by atoms with Crippen LogP contribution in [0.5, 0.6) is 0 Å². The van der Waals surface area contributed by atoms with Crippen molar-refractivity contribution in [3.63, 3.8) is 0 Å². The predicted molar refractivity (Wildman–Crippen MR) is 43.4 cm³/mol. The van der Waals surface area contributed by atoms with E-state index in [0.29, 0.717) is 11.7 Å². The first-order chi connectivity index (χ1) is 5.29. The van der Waals surface area contributed by atoms with E-state index in [-0.39, 0.29) is 6.10 Å². The van der Waals surface area contributed by atoms with E-state index in [4.69, 9.17) is 4.74 Å². The van der Waals surface area contributed by atoms with Crippen LogP contribution in [-0.4, -0.2) is 19.0 Å². The summed E-state index contributed by atoms with van der Waals surface area (Å²) in [5.41, 5.74) is 0. The Bertz CT molecular complexity index is 134. The highest BCUT2D eigenvalue weighted by Crippen LogP contribution is 2.29. The van der Waals surface area contributed by atoms with Gasteiger partial charge in [-0.05, 0) is 19.3 Å². The molecule has 0 aromatic carbocycles. The van der Waals surface area contributed by atoms with Crippen molar-refractivity contribution < 1.29 is 9.53 Å². The number of ketones is 1. The first kappa shape index (κ1) is 8.72. The molecule has 1 rings (SSSR count). The molecule has 1 atom stereocenters. The van der Waals surface area contributed by atoms with Crippen molar-refractivity contribution >= 4 is 5.78 Å². The molecule has 0 N–H and O–H groups in total. The fraction of sp³-hybridized carbons (Fsp3) is 0.889. The van der Waals surface area contributed by atoms with Gasteiger partial charge >= 0.3 is 0 Å². The summed E-state index contributed by atoms with van der Waals surface area (Å²) in [6.45, 7) is 1.99. The van der Waals surface area contributed by atoms with Crippen LogP contribution in [-0.2, 0) is 9.53 Å². The molecule has 0 radical (unpaired) electrons. The molecule has 1 aliphatic rings. The molecule has 0 saturated heterocycles. The summed E-state index contributed by atoms with van der Waals surface area (Å²) in [6.07, 6.45) is 4.06. The molecule has 1 saturated carbocycles. The molecule has 11 heavy (non-hydrogen) atoms. The Morgan fingerprint density at radius 2 is 2.27 bits per heavy atom. The van der Waals surface area contributed by atoms with Gasteiger partial charge in [0, 0.05) is 13.0 Å². The van der Waals surface area contributed by atoms with Crippen LogP contribution in [0.15, 0.2) is 0 Å². The average Bonchev–Trinajstić information content (AvgIpc) is 1.86. The van der Waals surface area contributed by atoms with Crippen molar-refractivity contribution in [3.8, 4) is 0 Å². The van der Waals surface area contributed by atoms with Gasteiger partial charge in [-0.25, -0.2) is 0 Å². The minimum absolute atomic E-state index is 0.139. The highest BCUT2D eigenvalue weighted by atomic mass is 16.5. The lowest BCUT2D eigenvalue weighted by Crippen LogP contribution is -2.33. The Kier molecular flexibility index (Phi) is 3.06. The minimum Gasteiger partial charge on any atom is -0.374 e. The van der Waals surface area contributed by atoms with E-state index in [1.54, 1.807) is 7.11 Å². The van der Waals surface area contributed by atoms with Crippen LogP contribution < -0.4 is 0 Å². The van der Waals surface area contributed by atoms with Crippen molar-refractivity contribution in [2.24, 2.45) is 5.92 Å². The second-order valence-electron chi connectivity index (χ2n) is 3.16. The van der Waals surface area contributed by atoms with Crippen molar-refractivity contribution in [1.82, 2.24) is 0 Å². The van der Waals surface area contributed by atoms with E-state index in [1.807, 2.05) is 6.92 Å². The summed E-state index contributed by atoms with van der Waals surface area (Å²) >= 11 is 0. The second kappa shape index (κ2) is 3.86. The van der Waals surface area contributed by atoms with E-state index in [0.717, 1.165) is 19.3 Å². The van der Waals surface area contributed by atoms with Gasteiger partial charge in [0.25, 0.3) is 0 Å². The maximum Gasteiger partial charge on any atom is 0.164 e. The topological polar surface area (TPSA) is 26.3 Å². The first-order valence-corrected chi connectivity index (χ1v) is 4.36. The van der Waals surface area contributed by atoms with Gasteiger partial charge in [-0.3, -0.25) is 4.79 Å². The fourth-order valence-electron chi connectivity index (χ4n) is 1.44. The van der Waals surface area contributed by atoms with Crippen LogP contribution in [0, 0.1) is 5.92 Å². The summed E-state index contributed by atoms with van der Waals surface area (Å²) < 4.78 is 5.07. The third kappa shape index (κ3) is 1.80. The monoisotopic (exact) mass is 156 g/mol. The summed E-state index contributed by atoms with van der Waals surface area (Å²) in [5.74, 6) is 0.640. The van der Waals surface area contributed by atoms with Crippen LogP contribution in [0.4, 0.5) is 0 Å². The van der Waals surface area contributed by atoms with Gasteiger partial charge in [0.15, 0.2) is 5.78 Å². The molecule has 0 aromatic rings. The number of carbonyl (C=O) groups excluding carboxylic acids is 1. The maximum absolute atomic E-state index is 11.5. The largest absolute Gasteiger partial charge is 0.374 e. The summed E-state index contributed by atoms with van der Waals surface area (Å²) in [7, 11) is 1.62. The summed E-state index contributed by atoms with van der Waals surface area (Å²) in [6, 6.07) is 0. The van der Waals surface area contributed by atoms with Gasteiger partial charge in [0.2, 0.25) is 0 Å². The lowest BCUT2D eigenvalue weighted by atomic mass is 9.80. The third-order valence-electron chi connectivity index (χ3n) is 2.48. The normalized spacial score (nSPS) is 20.9. The molecule has 1 unspecified atom stereocenters. The molecule has 0 heterocycles. The molecule has 1 fully saturated rings. The highest BCUT2D eigenvalue weighted by molar-refractivity contribution is 5.85. The van der Waals surface area contributed by atoms with Crippen LogP contribution in [0.3, 0.4) is 0 Å². The van der Waals surface area contributed by atoms with E-state index in [1.165, 1.54) is 6.42 Å². The average molecular weight is 156 g/mol. The van der Waals surface area contributed by atoms with E-state index >= 15 is 0 Å². The van der Waals surface area contributed by atoms with Crippen molar-refractivity contribution in [1.29, 1.82) is 0 Å². The van der Waals surface area contributed by atoms with E-state index < -0.39 is 0 Å². The lowest BCUT2D eigenvalue weighted by Gasteiger charge is -2.26. The molecule has 0 aromatic heterocycles. The number of carbonyl (C=O) groups is 1. The van der Waals surface area contributed by atoms with Crippen LogP contribution in [0.25, 0.3) is 0 Å². The Morgan fingerprint density at radius 3 is 2.55 bits per heavy atom. The van der Waals surface area contributed by atoms with Gasteiger partial charge in [-0.15, -0.1) is 0 Å². The quantitative estimate of drug-likeness (QED) is 0.620. The number of methoxy groups -OCH3 is 1. The van der Waals surface area contributed by atoms with Crippen molar-refractivity contribution in [3.05, 3.63) is 0 Å². The maximum atomic E-state index is 11.5. The Balaban J connectivity index is 2.36. The molecule has 0 bridgehead atoms. The van der Waals surface area contributed by atoms with Crippen molar-refractivity contribution in [2.75, 3.05) is 7.11 Å². The lowest BCUT2D eigenvalue weighted by molar-refractivity contribution is -0.135. The number of ether oxygens (including phenoxy) is 1. The number of Topliss-reactive ketones (excluding diaryl/α,β-unsaturated/α-hetero) is 1. The van der Waals surface area contributed by atoms with Gasteiger partial charge in [-0.1, -0.05) is 13.3 Å². The standard InChI is InChI=1S/C9H16O2/c1-3-8(11-2)9(10)7-5-4-6-7/h7-8H,3-6H2,1-2H3. The minimum atomic E-state index is -0.139. The van der Waals surface area contributed by atoms with Crippen LogP contribution in [0.2, 0.25) is 0 Å². The molecule has 0 spiro atoms. The fourth-order valence-corrected chi connectivity index (χ4v) is 1.44. The zero-order valence-corrected chi connectivity index (χ0v) is 7.30. The van der Waals surface area contributed by atoms with Crippen molar-refractivity contribution in [2.45, 2.75) is 38.7 Å². The summed E-state index contributed by atoms with van der Waals surface area (Å²) in [5, 5.41) is 0. The number of hydrogen-bond acceptors (Lipinski definition) is 2. The Labute approximate surface area is 67.9 Å². The van der Waals surface area contributed by atoms with E-state index in [2.05, 4.69) is 0 Å². The second-order valence-corrected chi connectivity index (χ2v) is 3.16. The van der Waals surface area contributed by atoms with Gasteiger partial charge in [0.05, 0.1) is 0 Å². The first-order valence-electron chi connectivity index (χ1n) is 4.36. The molecule has 2 nitrogen and oxygen atoms in total. The van der Waals surface area contributed by atoms with Gasteiger partial charge in [0.1, 0.15) is 6.10 Å². The SMILES string of the molecule is CCC(OC)C(=O)C1CCC1. The van der Waals surface area contributed by atoms with Gasteiger partial charge in [-0.2, -0.15) is 0 Å². The Hall–Kier alpha value is -0.370. The van der Waals surface area contributed by atoms with E-state index in [9.17, 15) is 4.79 Å². The van der Waals surface area contributed by atoms with Crippen LogP contribution >= 0.6 is 0 Å². The summed E-state index contributed by atoms with van der Waals surface area (Å²) in [4.78, 5) is 11.5. The van der Waals surface area contributed by atoms with Crippen LogP contribution in [0.1, 0.15) is 32.6 Å². The zero-order valence-electron chi connectivity index (χ0n) is 7.30. The molecular formula is C9H16O2.